The van der Waals surface area contributed by atoms with Crippen molar-refractivity contribution >= 4 is 15.7 Å². The zero-order valence-electron chi connectivity index (χ0n) is 8.88. The van der Waals surface area contributed by atoms with E-state index in [2.05, 4.69) is 4.72 Å². The van der Waals surface area contributed by atoms with Crippen molar-refractivity contribution in [2.75, 3.05) is 6.26 Å². The van der Waals surface area contributed by atoms with Gasteiger partial charge in [-0.15, -0.1) is 0 Å². The molecule has 0 radical (unpaired) electrons. The molecule has 0 bridgehead atoms. The fourth-order valence-corrected chi connectivity index (χ4v) is 2.08. The molecule has 0 aliphatic carbocycles. The van der Waals surface area contributed by atoms with Gasteiger partial charge in [-0.05, 0) is 12.5 Å². The number of benzene rings is 1. The van der Waals surface area contributed by atoms with E-state index >= 15 is 0 Å². The largest absolute Gasteiger partial charge is 0.269 e. The highest BCUT2D eigenvalue weighted by Crippen LogP contribution is 2.19. The van der Waals surface area contributed by atoms with Crippen molar-refractivity contribution in [1.29, 1.82) is 0 Å². The van der Waals surface area contributed by atoms with Gasteiger partial charge in [0, 0.05) is 18.2 Å². The molecule has 0 fully saturated rings. The Bertz CT molecular complexity index is 498. The maximum absolute atomic E-state index is 11.0. The van der Waals surface area contributed by atoms with Crippen molar-refractivity contribution in [3.63, 3.8) is 0 Å². The Morgan fingerprint density at radius 1 is 1.44 bits per heavy atom. The van der Waals surface area contributed by atoms with Crippen LogP contribution in [0.25, 0.3) is 0 Å². The second-order valence-corrected chi connectivity index (χ2v) is 5.24. The summed E-state index contributed by atoms with van der Waals surface area (Å²) >= 11 is 0. The maximum Gasteiger partial charge on any atom is 0.269 e. The summed E-state index contributed by atoms with van der Waals surface area (Å²) in [6, 6.07) is 5.37. The summed E-state index contributed by atoms with van der Waals surface area (Å²) in [5, 5.41) is 10.5. The zero-order chi connectivity index (χ0) is 12.3. The molecule has 1 aromatic carbocycles. The van der Waals surface area contributed by atoms with Crippen LogP contribution < -0.4 is 4.72 Å². The van der Waals surface area contributed by atoms with Gasteiger partial charge in [0.15, 0.2) is 0 Å². The quantitative estimate of drug-likeness (QED) is 0.636. The Morgan fingerprint density at radius 3 is 2.56 bits per heavy atom. The minimum Gasteiger partial charge on any atom is -0.258 e. The Kier molecular flexibility index (Phi) is 3.61. The van der Waals surface area contributed by atoms with Gasteiger partial charge in [-0.3, -0.25) is 10.1 Å². The van der Waals surface area contributed by atoms with Gasteiger partial charge < -0.3 is 0 Å². The first-order chi connectivity index (χ1) is 7.29. The van der Waals surface area contributed by atoms with E-state index in [0.717, 1.165) is 6.26 Å². The summed E-state index contributed by atoms with van der Waals surface area (Å²) < 4.78 is 24.3. The van der Waals surface area contributed by atoms with Gasteiger partial charge in [0.05, 0.1) is 11.2 Å². The van der Waals surface area contributed by atoms with Gasteiger partial charge in [-0.2, -0.15) is 0 Å². The molecule has 0 aromatic heterocycles. The monoisotopic (exact) mass is 244 g/mol. The zero-order valence-corrected chi connectivity index (χ0v) is 9.69. The van der Waals surface area contributed by atoms with Crippen molar-refractivity contribution in [1.82, 2.24) is 4.72 Å². The normalized spacial score (nSPS) is 13.4. The summed E-state index contributed by atoms with van der Waals surface area (Å²) in [6.07, 6.45) is 1.04. The third kappa shape index (κ3) is 3.59. The van der Waals surface area contributed by atoms with Crippen molar-refractivity contribution in [3.8, 4) is 0 Å². The van der Waals surface area contributed by atoms with E-state index in [1.165, 1.54) is 18.2 Å². The van der Waals surface area contributed by atoms with Crippen molar-refractivity contribution < 1.29 is 13.3 Å². The first-order valence-corrected chi connectivity index (χ1v) is 6.40. The SMILES string of the molecule is CC(NS(C)(=O)=O)c1cccc([N+](=O)[O-])c1. The number of sulfonamides is 1. The third-order valence-electron chi connectivity index (χ3n) is 1.97. The molecule has 0 heterocycles. The molecule has 16 heavy (non-hydrogen) atoms. The number of nitrogens with zero attached hydrogens (tertiary/aromatic N) is 1. The van der Waals surface area contributed by atoms with Gasteiger partial charge in [-0.1, -0.05) is 12.1 Å². The topological polar surface area (TPSA) is 89.3 Å². The minimum absolute atomic E-state index is 0.0559. The molecule has 88 valence electrons. The van der Waals surface area contributed by atoms with Crippen molar-refractivity contribution in [3.05, 3.63) is 39.9 Å². The van der Waals surface area contributed by atoms with E-state index in [1.807, 2.05) is 0 Å². The highest BCUT2D eigenvalue weighted by atomic mass is 32.2. The molecule has 1 atom stereocenters. The van der Waals surface area contributed by atoms with Crippen LogP contribution in [0, 0.1) is 10.1 Å². The molecule has 1 unspecified atom stereocenters. The van der Waals surface area contributed by atoms with Crippen molar-refractivity contribution in [2.45, 2.75) is 13.0 Å². The fourth-order valence-electron chi connectivity index (χ4n) is 1.30. The van der Waals surface area contributed by atoms with Gasteiger partial charge in [0.1, 0.15) is 0 Å². The van der Waals surface area contributed by atoms with E-state index in [-0.39, 0.29) is 5.69 Å². The average molecular weight is 244 g/mol. The number of nitro groups is 1. The summed E-state index contributed by atoms with van der Waals surface area (Å²) in [5.41, 5.74) is 0.499. The third-order valence-corrected chi connectivity index (χ3v) is 2.75. The Balaban J connectivity index is 2.96. The Morgan fingerprint density at radius 2 is 2.06 bits per heavy atom. The first-order valence-electron chi connectivity index (χ1n) is 4.51. The molecule has 0 aliphatic rings. The van der Waals surface area contributed by atoms with Crippen LogP contribution in [0.4, 0.5) is 5.69 Å². The number of non-ortho nitro benzene ring substituents is 1. The molecule has 6 nitrogen and oxygen atoms in total. The lowest BCUT2D eigenvalue weighted by Gasteiger charge is -2.11. The Hall–Kier alpha value is -1.47. The minimum atomic E-state index is -3.32. The molecule has 1 N–H and O–H groups in total. The van der Waals surface area contributed by atoms with Crippen LogP contribution >= 0.6 is 0 Å². The lowest BCUT2D eigenvalue weighted by Crippen LogP contribution is -2.25. The second kappa shape index (κ2) is 4.58. The maximum atomic E-state index is 11.0. The lowest BCUT2D eigenvalue weighted by molar-refractivity contribution is -0.384. The summed E-state index contributed by atoms with van der Waals surface area (Å²) in [6.45, 7) is 1.63. The molecule has 7 heteroatoms. The molecular formula is C9H12N2O4S. The molecule has 0 aliphatic heterocycles. The highest BCUT2D eigenvalue weighted by Gasteiger charge is 2.13. The van der Waals surface area contributed by atoms with Crippen LogP contribution in [-0.2, 0) is 10.0 Å². The fraction of sp³-hybridized carbons (Fsp3) is 0.333. The van der Waals surface area contributed by atoms with Crippen LogP contribution in [0.15, 0.2) is 24.3 Å². The van der Waals surface area contributed by atoms with Crippen LogP contribution in [0.1, 0.15) is 18.5 Å². The van der Waals surface area contributed by atoms with E-state index in [4.69, 9.17) is 0 Å². The van der Waals surface area contributed by atoms with Crippen LogP contribution in [-0.4, -0.2) is 19.6 Å². The van der Waals surface area contributed by atoms with Gasteiger partial charge in [0.25, 0.3) is 5.69 Å². The number of hydrogen-bond donors (Lipinski definition) is 1. The number of hydrogen-bond acceptors (Lipinski definition) is 4. The van der Waals surface area contributed by atoms with E-state index in [9.17, 15) is 18.5 Å². The highest BCUT2D eigenvalue weighted by molar-refractivity contribution is 7.88. The van der Waals surface area contributed by atoms with Crippen molar-refractivity contribution in [2.24, 2.45) is 0 Å². The first kappa shape index (κ1) is 12.6. The molecule has 0 spiro atoms. The summed E-state index contributed by atoms with van der Waals surface area (Å²) in [7, 11) is -3.32. The molecule has 0 amide bonds. The van der Waals surface area contributed by atoms with Crippen LogP contribution in [0.3, 0.4) is 0 Å². The average Bonchev–Trinajstić information content (AvgIpc) is 2.15. The predicted octanol–water partition coefficient (Wildman–Crippen LogP) is 1.20. The molecule has 1 rings (SSSR count). The standard InChI is InChI=1S/C9H12N2O4S/c1-7(10-16(2,14)15)8-4-3-5-9(6-8)11(12)13/h3-7,10H,1-2H3. The molecule has 1 aromatic rings. The van der Waals surface area contributed by atoms with E-state index in [1.54, 1.807) is 13.0 Å². The molecule has 0 saturated heterocycles. The summed E-state index contributed by atoms with van der Waals surface area (Å²) in [5.74, 6) is 0. The second-order valence-electron chi connectivity index (χ2n) is 3.46. The smallest absolute Gasteiger partial charge is 0.258 e. The lowest BCUT2D eigenvalue weighted by atomic mass is 10.1. The number of nitrogens with one attached hydrogen (secondary N) is 1. The number of rotatable bonds is 4. The molecular weight excluding hydrogens is 232 g/mol. The number of nitro benzene ring substituents is 1. The Labute approximate surface area is 93.5 Å². The van der Waals surface area contributed by atoms with Crippen LogP contribution in [0.5, 0.6) is 0 Å². The van der Waals surface area contributed by atoms with Gasteiger partial charge >= 0.3 is 0 Å². The van der Waals surface area contributed by atoms with Gasteiger partial charge in [-0.25, -0.2) is 13.1 Å². The van der Waals surface area contributed by atoms with E-state index < -0.39 is 21.0 Å². The molecule has 0 saturated carbocycles. The van der Waals surface area contributed by atoms with E-state index in [0.29, 0.717) is 5.56 Å². The predicted molar refractivity (Wildman–Crippen MR) is 59.5 cm³/mol. The van der Waals surface area contributed by atoms with Crippen LogP contribution in [0.2, 0.25) is 0 Å². The summed E-state index contributed by atoms with van der Waals surface area (Å²) in [4.78, 5) is 10.0. The van der Waals surface area contributed by atoms with Gasteiger partial charge in [0.2, 0.25) is 10.0 Å².